The van der Waals surface area contributed by atoms with Crippen LogP contribution >= 0.6 is 0 Å². The van der Waals surface area contributed by atoms with Crippen LogP contribution in [0.3, 0.4) is 0 Å². The molecule has 0 radical (unpaired) electrons. The SMILES string of the molecule is Cc1nc(-c2ccccc2)c(-c2cc3ncnc(N)c3[nH]2)[nH]1. The predicted molar refractivity (Wildman–Crippen MR) is 86.1 cm³/mol. The zero-order valence-corrected chi connectivity index (χ0v) is 12.0. The first-order chi connectivity index (χ1) is 10.7. The number of aromatic amines is 2. The van der Waals surface area contributed by atoms with Gasteiger partial charge >= 0.3 is 0 Å². The summed E-state index contributed by atoms with van der Waals surface area (Å²) in [5, 5.41) is 0. The minimum absolute atomic E-state index is 0.439. The van der Waals surface area contributed by atoms with Crippen molar-refractivity contribution in [3.8, 4) is 22.6 Å². The van der Waals surface area contributed by atoms with Gasteiger partial charge in [0.25, 0.3) is 0 Å². The van der Waals surface area contributed by atoms with E-state index >= 15 is 0 Å². The molecule has 3 heterocycles. The van der Waals surface area contributed by atoms with Gasteiger partial charge in [-0.15, -0.1) is 0 Å². The van der Waals surface area contributed by atoms with E-state index in [4.69, 9.17) is 5.73 Å². The van der Waals surface area contributed by atoms with Crippen LogP contribution in [0.5, 0.6) is 0 Å². The van der Waals surface area contributed by atoms with Gasteiger partial charge in [0.05, 0.1) is 22.6 Å². The lowest BCUT2D eigenvalue weighted by atomic mass is 10.1. The molecule has 3 aromatic heterocycles. The molecule has 0 amide bonds. The van der Waals surface area contributed by atoms with Gasteiger partial charge in [0.1, 0.15) is 17.7 Å². The molecule has 4 rings (SSSR count). The number of nitrogens with two attached hydrogens (primary N) is 1. The summed E-state index contributed by atoms with van der Waals surface area (Å²) in [6, 6.07) is 12.0. The average Bonchev–Trinajstić information content (AvgIpc) is 3.12. The quantitative estimate of drug-likeness (QED) is 0.529. The summed E-state index contributed by atoms with van der Waals surface area (Å²) in [4.78, 5) is 19.4. The van der Waals surface area contributed by atoms with Crippen molar-refractivity contribution in [2.75, 3.05) is 5.73 Å². The van der Waals surface area contributed by atoms with E-state index < -0.39 is 0 Å². The number of nitrogen functional groups attached to an aromatic ring is 1. The van der Waals surface area contributed by atoms with Gasteiger partial charge in [-0.05, 0) is 13.0 Å². The summed E-state index contributed by atoms with van der Waals surface area (Å²) < 4.78 is 0. The van der Waals surface area contributed by atoms with Gasteiger partial charge in [0.2, 0.25) is 0 Å². The van der Waals surface area contributed by atoms with Crippen LogP contribution in [-0.2, 0) is 0 Å². The van der Waals surface area contributed by atoms with Crippen molar-refractivity contribution in [3.63, 3.8) is 0 Å². The second kappa shape index (κ2) is 4.70. The van der Waals surface area contributed by atoms with Crippen LogP contribution in [0, 0.1) is 6.92 Å². The van der Waals surface area contributed by atoms with E-state index in [1.54, 1.807) is 0 Å². The van der Waals surface area contributed by atoms with Crippen LogP contribution in [-0.4, -0.2) is 24.9 Å². The molecule has 4 aromatic rings. The number of imidazole rings is 1. The van der Waals surface area contributed by atoms with Crippen LogP contribution in [0.1, 0.15) is 5.82 Å². The molecule has 6 nitrogen and oxygen atoms in total. The molecule has 0 unspecified atom stereocenters. The number of H-pyrrole nitrogens is 2. The van der Waals surface area contributed by atoms with Gasteiger partial charge in [-0.2, -0.15) is 0 Å². The Labute approximate surface area is 126 Å². The molecule has 0 fully saturated rings. The number of anilines is 1. The zero-order chi connectivity index (χ0) is 15.1. The standard InChI is InChI=1S/C16H14N6/c1-9-20-13(10-5-3-2-4-6-10)14(21-9)12-7-11-15(22-12)16(17)19-8-18-11/h2-8,22H,1H3,(H,20,21)(H2,17,18,19). The highest BCUT2D eigenvalue weighted by atomic mass is 15.0. The van der Waals surface area contributed by atoms with Crippen LogP contribution < -0.4 is 5.73 Å². The molecule has 22 heavy (non-hydrogen) atoms. The highest BCUT2D eigenvalue weighted by molar-refractivity contribution is 5.90. The maximum atomic E-state index is 5.89. The summed E-state index contributed by atoms with van der Waals surface area (Å²) in [5.74, 6) is 1.29. The molecule has 0 spiro atoms. The van der Waals surface area contributed by atoms with Crippen molar-refractivity contribution in [1.29, 1.82) is 0 Å². The molecular formula is C16H14N6. The maximum Gasteiger partial charge on any atom is 0.151 e. The number of aryl methyl sites for hydroxylation is 1. The second-order valence-electron chi connectivity index (χ2n) is 5.11. The smallest absolute Gasteiger partial charge is 0.151 e. The molecule has 1 aromatic carbocycles. The highest BCUT2D eigenvalue weighted by Crippen LogP contribution is 2.31. The first kappa shape index (κ1) is 12.6. The topological polar surface area (TPSA) is 96.3 Å². The molecule has 4 N–H and O–H groups in total. The number of fused-ring (bicyclic) bond motifs is 1. The Morgan fingerprint density at radius 3 is 2.64 bits per heavy atom. The van der Waals surface area contributed by atoms with Crippen molar-refractivity contribution in [3.05, 3.63) is 48.5 Å². The fourth-order valence-corrected chi connectivity index (χ4v) is 2.58. The van der Waals surface area contributed by atoms with Crippen LogP contribution in [0.4, 0.5) is 5.82 Å². The third-order valence-corrected chi connectivity index (χ3v) is 3.59. The minimum Gasteiger partial charge on any atom is -0.382 e. The molecule has 0 bridgehead atoms. The molecular weight excluding hydrogens is 276 g/mol. The minimum atomic E-state index is 0.439. The zero-order valence-electron chi connectivity index (χ0n) is 12.0. The van der Waals surface area contributed by atoms with E-state index in [2.05, 4.69) is 24.9 Å². The van der Waals surface area contributed by atoms with Crippen LogP contribution in [0.15, 0.2) is 42.7 Å². The summed E-state index contributed by atoms with van der Waals surface area (Å²) in [5.41, 5.74) is 11.2. The molecule has 0 aliphatic rings. The maximum absolute atomic E-state index is 5.89. The van der Waals surface area contributed by atoms with E-state index in [1.807, 2.05) is 43.3 Å². The van der Waals surface area contributed by atoms with Crippen LogP contribution in [0.2, 0.25) is 0 Å². The number of hydrogen-bond donors (Lipinski definition) is 3. The number of benzene rings is 1. The lowest BCUT2D eigenvalue weighted by molar-refractivity contribution is 1.15. The summed E-state index contributed by atoms with van der Waals surface area (Å²) in [6.07, 6.45) is 1.46. The Hall–Kier alpha value is -3.15. The van der Waals surface area contributed by atoms with Gasteiger partial charge in [-0.1, -0.05) is 30.3 Å². The number of nitrogens with one attached hydrogen (secondary N) is 2. The Morgan fingerprint density at radius 1 is 1.05 bits per heavy atom. The third kappa shape index (κ3) is 1.93. The molecule has 0 saturated carbocycles. The van der Waals surface area contributed by atoms with Gasteiger partial charge in [-0.3, -0.25) is 0 Å². The third-order valence-electron chi connectivity index (χ3n) is 3.59. The first-order valence-electron chi connectivity index (χ1n) is 6.94. The van der Waals surface area contributed by atoms with E-state index in [0.29, 0.717) is 5.82 Å². The number of nitrogens with zero attached hydrogens (tertiary/aromatic N) is 3. The van der Waals surface area contributed by atoms with E-state index in [0.717, 1.165) is 39.5 Å². The lowest BCUT2D eigenvalue weighted by Crippen LogP contribution is -1.91. The highest BCUT2D eigenvalue weighted by Gasteiger charge is 2.15. The predicted octanol–water partition coefficient (Wildman–Crippen LogP) is 2.91. The average molecular weight is 290 g/mol. The number of aromatic nitrogens is 5. The Bertz CT molecular complexity index is 951. The number of rotatable bonds is 2. The number of hydrogen-bond acceptors (Lipinski definition) is 4. The van der Waals surface area contributed by atoms with Gasteiger partial charge in [0, 0.05) is 5.56 Å². The van der Waals surface area contributed by atoms with Crippen molar-refractivity contribution in [2.24, 2.45) is 0 Å². The van der Waals surface area contributed by atoms with Crippen molar-refractivity contribution < 1.29 is 0 Å². The van der Waals surface area contributed by atoms with Gasteiger partial charge < -0.3 is 15.7 Å². The van der Waals surface area contributed by atoms with Crippen LogP contribution in [0.25, 0.3) is 33.7 Å². The summed E-state index contributed by atoms with van der Waals surface area (Å²) in [7, 11) is 0. The Kier molecular flexibility index (Phi) is 2.69. The molecule has 0 atom stereocenters. The monoisotopic (exact) mass is 290 g/mol. The fourth-order valence-electron chi connectivity index (χ4n) is 2.58. The Balaban J connectivity index is 1.94. The van der Waals surface area contributed by atoms with E-state index in [9.17, 15) is 0 Å². The molecule has 0 saturated heterocycles. The van der Waals surface area contributed by atoms with Gasteiger partial charge in [-0.25, -0.2) is 15.0 Å². The molecule has 6 heteroatoms. The normalized spacial score (nSPS) is 11.1. The largest absolute Gasteiger partial charge is 0.382 e. The van der Waals surface area contributed by atoms with E-state index in [-0.39, 0.29) is 0 Å². The lowest BCUT2D eigenvalue weighted by Gasteiger charge is -2.00. The van der Waals surface area contributed by atoms with Crippen molar-refractivity contribution >= 4 is 16.9 Å². The second-order valence-corrected chi connectivity index (χ2v) is 5.11. The Morgan fingerprint density at radius 2 is 1.86 bits per heavy atom. The molecule has 0 aliphatic heterocycles. The van der Waals surface area contributed by atoms with Crippen molar-refractivity contribution in [1.82, 2.24) is 24.9 Å². The fraction of sp³-hybridized carbons (Fsp3) is 0.0625. The van der Waals surface area contributed by atoms with E-state index in [1.165, 1.54) is 6.33 Å². The van der Waals surface area contributed by atoms with Crippen molar-refractivity contribution in [2.45, 2.75) is 6.92 Å². The van der Waals surface area contributed by atoms with Gasteiger partial charge in [0.15, 0.2) is 5.82 Å². The molecule has 108 valence electrons. The first-order valence-corrected chi connectivity index (χ1v) is 6.94. The summed E-state index contributed by atoms with van der Waals surface area (Å²) >= 11 is 0. The summed E-state index contributed by atoms with van der Waals surface area (Å²) in [6.45, 7) is 1.94. The molecule has 0 aliphatic carbocycles.